The van der Waals surface area contributed by atoms with Gasteiger partial charge < -0.3 is 0 Å². The number of hydrogen-bond acceptors (Lipinski definition) is 2. The number of rotatable bonds is 1. The van der Waals surface area contributed by atoms with Crippen LogP contribution >= 0.6 is 0 Å². The van der Waals surface area contributed by atoms with Crippen LogP contribution in [0.25, 0.3) is 22.2 Å². The molecule has 0 fully saturated rings. The molecule has 2 heteroatoms. The summed E-state index contributed by atoms with van der Waals surface area (Å²) in [5.41, 5.74) is 8.68. The van der Waals surface area contributed by atoms with Crippen LogP contribution in [0.1, 0.15) is 16.7 Å². The molecule has 118 valence electrons. The van der Waals surface area contributed by atoms with Gasteiger partial charge in [-0.25, -0.2) is 9.98 Å². The van der Waals surface area contributed by atoms with Crippen LogP contribution in [-0.2, 0) is 0 Å². The Morgan fingerprint density at radius 3 is 2.32 bits per heavy atom. The zero-order valence-electron chi connectivity index (χ0n) is 13.9. The smallest absolute Gasteiger partial charge is 0.0810 e. The zero-order valence-corrected chi connectivity index (χ0v) is 13.9. The molecule has 0 radical (unpaired) electrons. The van der Waals surface area contributed by atoms with E-state index in [0.717, 1.165) is 44.7 Å². The number of aryl methyl sites for hydroxylation is 1. The van der Waals surface area contributed by atoms with E-state index in [1.54, 1.807) is 0 Å². The van der Waals surface area contributed by atoms with Crippen LogP contribution in [0.15, 0.2) is 83.9 Å². The van der Waals surface area contributed by atoms with Crippen LogP contribution in [0.3, 0.4) is 0 Å². The summed E-state index contributed by atoms with van der Waals surface area (Å²) in [6.07, 6.45) is 0. The first-order chi connectivity index (χ1) is 12.3. The topological polar surface area (TPSA) is 25.2 Å². The standard InChI is InChI=1S/C23H16N2/c1-15-8-2-6-12-20(15)24-22-17-10-4-5-11-18(17)23-19(22)14-16-9-3-7-13-21(16)25-23/h2-14H,1H3. The van der Waals surface area contributed by atoms with Crippen molar-refractivity contribution in [3.8, 4) is 11.3 Å². The molecule has 5 rings (SSSR count). The average molecular weight is 320 g/mol. The Balaban J connectivity index is 1.84. The second-order valence-corrected chi connectivity index (χ2v) is 6.37. The Hall–Kier alpha value is -3.26. The molecule has 0 bridgehead atoms. The van der Waals surface area contributed by atoms with Gasteiger partial charge in [-0.2, -0.15) is 0 Å². The fourth-order valence-corrected chi connectivity index (χ4v) is 3.47. The largest absolute Gasteiger partial charge is 0.247 e. The maximum absolute atomic E-state index is 5.02. The summed E-state index contributed by atoms with van der Waals surface area (Å²) >= 11 is 0. The van der Waals surface area contributed by atoms with Crippen LogP contribution < -0.4 is 0 Å². The third-order valence-electron chi connectivity index (χ3n) is 4.76. The molecule has 0 spiro atoms. The highest BCUT2D eigenvalue weighted by atomic mass is 14.8. The highest BCUT2D eigenvalue weighted by molar-refractivity contribution is 6.25. The summed E-state index contributed by atoms with van der Waals surface area (Å²) < 4.78 is 0. The highest BCUT2D eigenvalue weighted by Crippen LogP contribution is 2.38. The molecule has 25 heavy (non-hydrogen) atoms. The first kappa shape index (κ1) is 14.1. The van der Waals surface area contributed by atoms with E-state index in [4.69, 9.17) is 9.98 Å². The molecule has 4 aromatic rings. The number of fused-ring (bicyclic) bond motifs is 4. The van der Waals surface area contributed by atoms with Crippen molar-refractivity contribution in [1.29, 1.82) is 0 Å². The molecule has 1 heterocycles. The van der Waals surface area contributed by atoms with Gasteiger partial charge in [-0.05, 0) is 30.7 Å². The van der Waals surface area contributed by atoms with Crippen molar-refractivity contribution in [2.24, 2.45) is 4.99 Å². The number of benzene rings is 3. The Morgan fingerprint density at radius 2 is 1.44 bits per heavy atom. The number of para-hydroxylation sites is 2. The van der Waals surface area contributed by atoms with Crippen molar-refractivity contribution in [2.45, 2.75) is 6.92 Å². The Labute approximate surface area is 146 Å². The van der Waals surface area contributed by atoms with Gasteiger partial charge in [0.1, 0.15) is 0 Å². The fraction of sp³-hybridized carbons (Fsp3) is 0.0435. The molecule has 1 aliphatic carbocycles. The minimum Gasteiger partial charge on any atom is -0.247 e. The van der Waals surface area contributed by atoms with Crippen LogP contribution in [0.2, 0.25) is 0 Å². The second kappa shape index (κ2) is 5.38. The zero-order chi connectivity index (χ0) is 16.8. The highest BCUT2D eigenvalue weighted by Gasteiger charge is 2.26. The monoisotopic (exact) mass is 320 g/mol. The van der Waals surface area contributed by atoms with Gasteiger partial charge in [-0.3, -0.25) is 0 Å². The molecular formula is C23H16N2. The maximum atomic E-state index is 5.02. The molecular weight excluding hydrogens is 304 g/mol. The number of nitrogens with zero attached hydrogens (tertiary/aromatic N) is 2. The van der Waals surface area contributed by atoms with Crippen LogP contribution in [-0.4, -0.2) is 10.7 Å². The van der Waals surface area contributed by atoms with Gasteiger partial charge in [0.05, 0.1) is 22.6 Å². The summed E-state index contributed by atoms with van der Waals surface area (Å²) in [7, 11) is 0. The van der Waals surface area contributed by atoms with Gasteiger partial charge >= 0.3 is 0 Å². The number of aliphatic imine (C=N–C) groups is 1. The van der Waals surface area contributed by atoms with Crippen molar-refractivity contribution in [3.63, 3.8) is 0 Å². The molecule has 0 N–H and O–H groups in total. The number of pyridine rings is 1. The number of hydrogen-bond donors (Lipinski definition) is 0. The van der Waals surface area contributed by atoms with E-state index in [1.807, 2.05) is 18.2 Å². The summed E-state index contributed by atoms with van der Waals surface area (Å²) in [5.74, 6) is 0. The average Bonchev–Trinajstić information content (AvgIpc) is 2.95. The van der Waals surface area contributed by atoms with Gasteiger partial charge in [-0.15, -0.1) is 0 Å². The van der Waals surface area contributed by atoms with Crippen LogP contribution in [0.5, 0.6) is 0 Å². The molecule has 0 atom stereocenters. The lowest BCUT2D eigenvalue weighted by atomic mass is 10.1. The lowest BCUT2D eigenvalue weighted by Crippen LogP contribution is -1.98. The van der Waals surface area contributed by atoms with E-state index in [2.05, 4.69) is 67.6 Å². The molecule has 0 amide bonds. The molecule has 0 aliphatic heterocycles. The van der Waals surface area contributed by atoms with Gasteiger partial charge in [0, 0.05) is 22.1 Å². The van der Waals surface area contributed by atoms with E-state index in [9.17, 15) is 0 Å². The minimum atomic E-state index is 1.01. The van der Waals surface area contributed by atoms with E-state index >= 15 is 0 Å². The van der Waals surface area contributed by atoms with Crippen molar-refractivity contribution in [2.75, 3.05) is 0 Å². The molecule has 1 aliphatic rings. The van der Waals surface area contributed by atoms with E-state index in [0.29, 0.717) is 0 Å². The van der Waals surface area contributed by atoms with Gasteiger partial charge in [0.25, 0.3) is 0 Å². The molecule has 2 nitrogen and oxygen atoms in total. The van der Waals surface area contributed by atoms with E-state index in [-0.39, 0.29) is 0 Å². The van der Waals surface area contributed by atoms with Crippen molar-refractivity contribution < 1.29 is 0 Å². The summed E-state index contributed by atoms with van der Waals surface area (Å²) in [6, 6.07) is 27.1. The fourth-order valence-electron chi connectivity index (χ4n) is 3.47. The molecule has 0 saturated heterocycles. The van der Waals surface area contributed by atoms with Gasteiger partial charge in [0.2, 0.25) is 0 Å². The van der Waals surface area contributed by atoms with Crippen molar-refractivity contribution >= 4 is 22.3 Å². The van der Waals surface area contributed by atoms with E-state index in [1.165, 1.54) is 5.56 Å². The van der Waals surface area contributed by atoms with Gasteiger partial charge in [-0.1, -0.05) is 60.7 Å². The molecule has 1 aromatic heterocycles. The molecule has 3 aromatic carbocycles. The first-order valence-electron chi connectivity index (χ1n) is 8.45. The SMILES string of the molecule is Cc1ccccc1N=C1c2ccccc2-c2nc3ccccc3cc21. The third kappa shape index (κ3) is 2.18. The minimum absolute atomic E-state index is 1.01. The van der Waals surface area contributed by atoms with E-state index < -0.39 is 0 Å². The van der Waals surface area contributed by atoms with Crippen LogP contribution in [0.4, 0.5) is 5.69 Å². The van der Waals surface area contributed by atoms with Gasteiger partial charge in [0.15, 0.2) is 0 Å². The predicted octanol–water partition coefficient (Wildman–Crippen LogP) is 5.69. The Morgan fingerprint density at radius 1 is 0.720 bits per heavy atom. The normalized spacial score (nSPS) is 13.9. The second-order valence-electron chi connectivity index (χ2n) is 6.37. The number of aromatic nitrogens is 1. The summed E-state index contributed by atoms with van der Waals surface area (Å²) in [4.78, 5) is 9.95. The predicted molar refractivity (Wildman–Crippen MR) is 104 cm³/mol. The third-order valence-corrected chi connectivity index (χ3v) is 4.76. The van der Waals surface area contributed by atoms with Crippen LogP contribution in [0, 0.1) is 6.92 Å². The maximum Gasteiger partial charge on any atom is 0.0810 e. The molecule has 0 unspecified atom stereocenters. The first-order valence-corrected chi connectivity index (χ1v) is 8.45. The Bertz CT molecular complexity index is 1160. The lowest BCUT2D eigenvalue weighted by Gasteiger charge is -2.05. The van der Waals surface area contributed by atoms with Crippen molar-refractivity contribution in [1.82, 2.24) is 4.98 Å². The summed E-state index contributed by atoms with van der Waals surface area (Å²) in [5, 5.41) is 1.14. The lowest BCUT2D eigenvalue weighted by molar-refractivity contribution is 1.39. The van der Waals surface area contributed by atoms with Crippen molar-refractivity contribution in [3.05, 3.63) is 95.6 Å². The quantitative estimate of drug-likeness (QED) is 0.389. The summed E-state index contributed by atoms with van der Waals surface area (Å²) in [6.45, 7) is 2.10. The Kier molecular flexibility index (Phi) is 3.04. The molecule has 0 saturated carbocycles.